The van der Waals surface area contributed by atoms with Crippen LogP contribution in [-0.4, -0.2) is 47.8 Å². The van der Waals surface area contributed by atoms with Crippen molar-refractivity contribution in [2.75, 3.05) is 13.1 Å². The Morgan fingerprint density at radius 3 is 2.87 bits per heavy atom. The summed E-state index contributed by atoms with van der Waals surface area (Å²) in [4.78, 5) is 10.9. The first-order valence-electron chi connectivity index (χ1n) is 7.60. The molecule has 8 nitrogen and oxygen atoms in total. The third-order valence-electron chi connectivity index (χ3n) is 4.04. The molecular weight excluding hydrogens is 314 g/mol. The molecule has 0 aliphatic carbocycles. The summed E-state index contributed by atoms with van der Waals surface area (Å²) in [6.45, 7) is 6.90. The van der Waals surface area contributed by atoms with E-state index in [0.29, 0.717) is 16.9 Å². The molecule has 1 fully saturated rings. The number of likely N-dealkylation sites (tertiary alicyclic amines) is 1. The van der Waals surface area contributed by atoms with Crippen molar-refractivity contribution in [1.82, 2.24) is 34.7 Å². The fraction of sp³-hybridized carbons (Fsp3) is 0.500. The predicted octanol–water partition coefficient (Wildman–Crippen LogP) is 1.87. The lowest BCUT2D eigenvalue weighted by molar-refractivity contribution is 0.278. The quantitative estimate of drug-likeness (QED) is 0.670. The van der Waals surface area contributed by atoms with E-state index in [1.165, 1.54) is 30.9 Å². The maximum Gasteiger partial charge on any atom is 0.283 e. The molecule has 0 aromatic carbocycles. The minimum atomic E-state index is 0.518. The number of hydrogen-bond donors (Lipinski definition) is 0. The Morgan fingerprint density at radius 1 is 1.22 bits per heavy atom. The van der Waals surface area contributed by atoms with Crippen LogP contribution in [0.4, 0.5) is 0 Å². The van der Waals surface area contributed by atoms with Crippen LogP contribution in [0.3, 0.4) is 0 Å². The first-order chi connectivity index (χ1) is 11.2. The lowest BCUT2D eigenvalue weighted by atomic mass is 10.3. The van der Waals surface area contributed by atoms with Gasteiger partial charge in [-0.05, 0) is 51.5 Å². The van der Waals surface area contributed by atoms with E-state index in [1.54, 1.807) is 4.52 Å². The van der Waals surface area contributed by atoms with Crippen LogP contribution in [-0.2, 0) is 6.54 Å². The van der Waals surface area contributed by atoms with E-state index in [-0.39, 0.29) is 0 Å². The molecule has 0 unspecified atom stereocenters. The summed E-state index contributed by atoms with van der Waals surface area (Å²) in [6.07, 6.45) is 3.99. The van der Waals surface area contributed by atoms with Gasteiger partial charge < -0.3 is 4.42 Å². The summed E-state index contributed by atoms with van der Waals surface area (Å²) >= 11 is 1.40. The van der Waals surface area contributed by atoms with Crippen molar-refractivity contribution in [2.24, 2.45) is 0 Å². The monoisotopic (exact) mass is 331 g/mol. The topological polar surface area (TPSA) is 85.2 Å². The number of aryl methyl sites for hydroxylation is 1. The van der Waals surface area contributed by atoms with Crippen LogP contribution in [0.25, 0.3) is 5.78 Å². The standard InChI is InChI=1S/C14H17N7OS/c1-9-10(2)17-13-15-8-16-21(13)12(9)23-14-19-18-11(22-14)7-20-5-3-4-6-20/h8H,3-7H2,1-2H3. The van der Waals surface area contributed by atoms with Crippen LogP contribution in [0.2, 0.25) is 0 Å². The van der Waals surface area contributed by atoms with E-state index in [2.05, 4.69) is 30.2 Å². The van der Waals surface area contributed by atoms with Crippen molar-refractivity contribution >= 4 is 17.5 Å². The van der Waals surface area contributed by atoms with Gasteiger partial charge in [-0.2, -0.15) is 14.6 Å². The van der Waals surface area contributed by atoms with Gasteiger partial charge in [0, 0.05) is 11.3 Å². The van der Waals surface area contributed by atoms with Gasteiger partial charge in [0.25, 0.3) is 11.0 Å². The van der Waals surface area contributed by atoms with Gasteiger partial charge >= 0.3 is 0 Å². The van der Waals surface area contributed by atoms with Crippen LogP contribution < -0.4 is 0 Å². The smallest absolute Gasteiger partial charge is 0.283 e. The Hall–Kier alpha value is -2.00. The van der Waals surface area contributed by atoms with Gasteiger partial charge in [0.2, 0.25) is 5.89 Å². The number of fused-ring (bicyclic) bond motifs is 1. The van der Waals surface area contributed by atoms with E-state index in [4.69, 9.17) is 4.42 Å². The van der Waals surface area contributed by atoms with Gasteiger partial charge in [-0.1, -0.05) is 0 Å². The number of nitrogens with zero attached hydrogens (tertiary/aromatic N) is 7. The zero-order valence-corrected chi connectivity index (χ0v) is 13.9. The average Bonchev–Trinajstić information content (AvgIpc) is 3.26. The Morgan fingerprint density at radius 2 is 2.04 bits per heavy atom. The third kappa shape index (κ3) is 2.81. The van der Waals surface area contributed by atoms with Crippen LogP contribution >= 0.6 is 11.8 Å². The summed E-state index contributed by atoms with van der Waals surface area (Å²) in [7, 11) is 0. The molecule has 0 saturated carbocycles. The molecule has 0 atom stereocenters. The lowest BCUT2D eigenvalue weighted by Gasteiger charge is -2.10. The van der Waals surface area contributed by atoms with Gasteiger partial charge in [0.1, 0.15) is 11.4 Å². The van der Waals surface area contributed by atoms with Crippen molar-refractivity contribution < 1.29 is 4.42 Å². The van der Waals surface area contributed by atoms with Gasteiger partial charge in [0.15, 0.2) is 0 Å². The van der Waals surface area contributed by atoms with Crippen molar-refractivity contribution in [1.29, 1.82) is 0 Å². The van der Waals surface area contributed by atoms with E-state index in [0.717, 1.165) is 35.9 Å². The lowest BCUT2D eigenvalue weighted by Crippen LogP contribution is -2.18. The summed E-state index contributed by atoms with van der Waals surface area (Å²) in [5, 5.41) is 14.0. The van der Waals surface area contributed by atoms with Gasteiger partial charge in [-0.15, -0.1) is 10.2 Å². The Kier molecular flexibility index (Phi) is 3.74. The molecule has 0 N–H and O–H groups in total. The van der Waals surface area contributed by atoms with E-state index < -0.39 is 0 Å². The number of rotatable bonds is 4. The van der Waals surface area contributed by atoms with Crippen LogP contribution in [0.15, 0.2) is 21.0 Å². The highest BCUT2D eigenvalue weighted by Crippen LogP contribution is 2.30. The average molecular weight is 331 g/mol. The molecule has 3 aromatic rings. The van der Waals surface area contributed by atoms with Crippen molar-refractivity contribution in [3.05, 3.63) is 23.5 Å². The van der Waals surface area contributed by atoms with E-state index in [9.17, 15) is 0 Å². The minimum absolute atomic E-state index is 0.518. The maximum atomic E-state index is 5.79. The summed E-state index contributed by atoms with van der Waals surface area (Å²) in [5.41, 5.74) is 1.96. The molecule has 1 aliphatic heterocycles. The molecule has 0 bridgehead atoms. The molecule has 0 spiro atoms. The molecule has 120 valence electrons. The minimum Gasteiger partial charge on any atom is -0.414 e. The van der Waals surface area contributed by atoms with Gasteiger partial charge in [-0.3, -0.25) is 4.90 Å². The van der Waals surface area contributed by atoms with Crippen molar-refractivity contribution in [3.8, 4) is 0 Å². The molecule has 1 aliphatic rings. The zero-order valence-electron chi connectivity index (χ0n) is 13.1. The molecule has 3 aromatic heterocycles. The highest BCUT2D eigenvalue weighted by Gasteiger charge is 2.18. The molecule has 4 heterocycles. The summed E-state index contributed by atoms with van der Waals surface area (Å²) < 4.78 is 7.49. The third-order valence-corrected chi connectivity index (χ3v) is 5.06. The molecule has 9 heteroatoms. The highest BCUT2D eigenvalue weighted by atomic mass is 32.2. The van der Waals surface area contributed by atoms with Gasteiger partial charge in [-0.25, -0.2) is 4.98 Å². The second-order valence-corrected chi connectivity index (χ2v) is 6.59. The molecule has 0 radical (unpaired) electrons. The van der Waals surface area contributed by atoms with Gasteiger partial charge in [0.05, 0.1) is 6.54 Å². The largest absolute Gasteiger partial charge is 0.414 e. The van der Waals surface area contributed by atoms with Crippen LogP contribution in [0, 0.1) is 13.8 Å². The molecule has 1 saturated heterocycles. The van der Waals surface area contributed by atoms with Crippen LogP contribution in [0.1, 0.15) is 30.0 Å². The first kappa shape index (κ1) is 14.6. The summed E-state index contributed by atoms with van der Waals surface area (Å²) in [5.74, 6) is 1.24. The SMILES string of the molecule is Cc1nc2ncnn2c(Sc2nnc(CN3CCCC3)o2)c1C. The van der Waals surface area contributed by atoms with E-state index >= 15 is 0 Å². The number of hydrogen-bond acceptors (Lipinski definition) is 8. The van der Waals surface area contributed by atoms with Crippen molar-refractivity contribution in [2.45, 2.75) is 43.5 Å². The second-order valence-electron chi connectivity index (χ2n) is 5.65. The number of aromatic nitrogens is 6. The molecule has 4 rings (SSSR count). The maximum absolute atomic E-state index is 5.79. The predicted molar refractivity (Wildman–Crippen MR) is 83.2 cm³/mol. The Bertz CT molecular complexity index is 837. The highest BCUT2D eigenvalue weighted by molar-refractivity contribution is 7.99. The molecule has 0 amide bonds. The Balaban J connectivity index is 1.59. The normalized spacial score (nSPS) is 15.7. The fourth-order valence-corrected chi connectivity index (χ4v) is 3.58. The first-order valence-corrected chi connectivity index (χ1v) is 8.42. The van der Waals surface area contributed by atoms with Crippen molar-refractivity contribution in [3.63, 3.8) is 0 Å². The zero-order chi connectivity index (χ0) is 15.8. The van der Waals surface area contributed by atoms with E-state index in [1.807, 2.05) is 13.8 Å². The second kappa shape index (κ2) is 5.89. The fourth-order valence-electron chi connectivity index (χ4n) is 2.68. The Labute approximate surface area is 137 Å². The molecular formula is C14H17N7OS. The van der Waals surface area contributed by atoms with Crippen LogP contribution in [0.5, 0.6) is 0 Å². The molecule has 23 heavy (non-hydrogen) atoms. The summed E-state index contributed by atoms with van der Waals surface area (Å²) in [6, 6.07) is 0.